The topological polar surface area (TPSA) is 68.5 Å². The van der Waals surface area contributed by atoms with Crippen LogP contribution in [0.3, 0.4) is 0 Å². The Morgan fingerprint density at radius 1 is 1.17 bits per heavy atom. The number of carbonyl (C=O) groups excluding carboxylic acids is 1. The molecular weight excluding hydrogens is 373 g/mol. The highest BCUT2D eigenvalue weighted by atomic mass is 19.1. The second-order valence-electron chi connectivity index (χ2n) is 7.06. The SMILES string of the molecule is C[C@H](C(=O)Cc1nc(N2CCOCC2)no1)c1ccc(-c2ccccc2)c(F)c1. The summed E-state index contributed by atoms with van der Waals surface area (Å²) in [6.45, 7) is 4.38. The molecule has 150 valence electrons. The van der Waals surface area contributed by atoms with E-state index < -0.39 is 5.92 Å². The van der Waals surface area contributed by atoms with Crippen LogP contribution < -0.4 is 4.90 Å². The van der Waals surface area contributed by atoms with Gasteiger partial charge in [-0.3, -0.25) is 4.79 Å². The molecule has 0 aliphatic carbocycles. The van der Waals surface area contributed by atoms with Gasteiger partial charge in [0.1, 0.15) is 11.6 Å². The molecule has 0 radical (unpaired) electrons. The van der Waals surface area contributed by atoms with E-state index >= 15 is 0 Å². The third-order valence-corrected chi connectivity index (χ3v) is 5.14. The molecule has 1 fully saturated rings. The first-order valence-electron chi connectivity index (χ1n) is 9.64. The second kappa shape index (κ2) is 8.53. The van der Waals surface area contributed by atoms with E-state index in [1.165, 1.54) is 6.07 Å². The lowest BCUT2D eigenvalue weighted by Gasteiger charge is -2.24. The number of hydrogen-bond acceptors (Lipinski definition) is 6. The minimum Gasteiger partial charge on any atom is -0.378 e. The fraction of sp³-hybridized carbons (Fsp3) is 0.318. The summed E-state index contributed by atoms with van der Waals surface area (Å²) in [5, 5.41) is 3.96. The Kier molecular flexibility index (Phi) is 5.67. The van der Waals surface area contributed by atoms with Crippen LogP contribution >= 0.6 is 0 Å². The van der Waals surface area contributed by atoms with Crippen molar-refractivity contribution in [3.8, 4) is 11.1 Å². The number of rotatable bonds is 6. The van der Waals surface area contributed by atoms with Gasteiger partial charge in [-0.25, -0.2) is 4.39 Å². The molecule has 2 heterocycles. The van der Waals surface area contributed by atoms with Crippen LogP contribution in [0, 0.1) is 5.82 Å². The monoisotopic (exact) mass is 395 g/mol. The normalized spacial score (nSPS) is 15.3. The van der Waals surface area contributed by atoms with Crippen LogP contribution in [-0.2, 0) is 16.0 Å². The Labute approximate surface area is 168 Å². The van der Waals surface area contributed by atoms with Crippen molar-refractivity contribution in [2.45, 2.75) is 19.3 Å². The molecule has 1 atom stereocenters. The molecule has 7 heteroatoms. The fourth-order valence-electron chi connectivity index (χ4n) is 3.35. The van der Waals surface area contributed by atoms with Gasteiger partial charge in [0.05, 0.1) is 19.6 Å². The van der Waals surface area contributed by atoms with E-state index in [1.807, 2.05) is 35.2 Å². The molecule has 0 amide bonds. The zero-order chi connectivity index (χ0) is 20.2. The molecule has 4 rings (SSSR count). The highest BCUT2D eigenvalue weighted by molar-refractivity contribution is 5.86. The Morgan fingerprint density at radius 3 is 2.66 bits per heavy atom. The van der Waals surface area contributed by atoms with Gasteiger partial charge in [-0.15, -0.1) is 0 Å². The molecule has 29 heavy (non-hydrogen) atoms. The van der Waals surface area contributed by atoms with Gasteiger partial charge in [0.2, 0.25) is 5.89 Å². The number of ketones is 1. The highest BCUT2D eigenvalue weighted by Crippen LogP contribution is 2.27. The number of halogens is 1. The van der Waals surface area contributed by atoms with Crippen molar-refractivity contribution in [2.24, 2.45) is 0 Å². The molecule has 0 N–H and O–H groups in total. The minimum absolute atomic E-state index is 0.0144. The van der Waals surface area contributed by atoms with Crippen LogP contribution in [0.25, 0.3) is 11.1 Å². The highest BCUT2D eigenvalue weighted by Gasteiger charge is 2.22. The van der Waals surface area contributed by atoms with E-state index in [4.69, 9.17) is 9.26 Å². The molecule has 3 aromatic rings. The van der Waals surface area contributed by atoms with Gasteiger partial charge >= 0.3 is 0 Å². The number of benzene rings is 2. The fourth-order valence-corrected chi connectivity index (χ4v) is 3.35. The van der Waals surface area contributed by atoms with Gasteiger partial charge in [-0.05, 0) is 22.3 Å². The largest absolute Gasteiger partial charge is 0.378 e. The number of morpholine rings is 1. The number of aromatic nitrogens is 2. The standard InChI is InChI=1S/C22H22FN3O3/c1-15(17-7-8-18(19(23)13-17)16-5-3-2-4-6-16)20(27)14-21-24-22(25-29-21)26-9-11-28-12-10-26/h2-8,13,15H,9-12,14H2,1H3/t15-/m0/s1. The van der Waals surface area contributed by atoms with Crippen LogP contribution in [0.1, 0.15) is 24.3 Å². The van der Waals surface area contributed by atoms with Crippen LogP contribution in [0.15, 0.2) is 53.1 Å². The molecule has 0 spiro atoms. The number of anilines is 1. The minimum atomic E-state index is -0.479. The van der Waals surface area contributed by atoms with E-state index in [2.05, 4.69) is 10.1 Å². The Balaban J connectivity index is 1.44. The third kappa shape index (κ3) is 4.35. The third-order valence-electron chi connectivity index (χ3n) is 5.14. The lowest BCUT2D eigenvalue weighted by molar-refractivity contribution is -0.119. The molecule has 1 saturated heterocycles. The first kappa shape index (κ1) is 19.3. The predicted molar refractivity (Wildman–Crippen MR) is 106 cm³/mol. The van der Waals surface area contributed by atoms with Crippen molar-refractivity contribution in [1.29, 1.82) is 0 Å². The molecule has 1 aromatic heterocycles. The maximum atomic E-state index is 14.6. The lowest BCUT2D eigenvalue weighted by Crippen LogP contribution is -2.36. The number of nitrogens with zero attached hydrogens (tertiary/aromatic N) is 3. The van der Waals surface area contributed by atoms with Gasteiger partial charge in [0.25, 0.3) is 5.95 Å². The Bertz CT molecular complexity index is 984. The summed E-state index contributed by atoms with van der Waals surface area (Å²) in [6.07, 6.45) is 0.0144. The molecule has 2 aromatic carbocycles. The van der Waals surface area contributed by atoms with Gasteiger partial charge in [-0.2, -0.15) is 4.98 Å². The first-order chi connectivity index (χ1) is 14.1. The molecular formula is C22H22FN3O3. The summed E-state index contributed by atoms with van der Waals surface area (Å²) in [4.78, 5) is 19.0. The van der Waals surface area contributed by atoms with Crippen molar-refractivity contribution in [2.75, 3.05) is 31.2 Å². The van der Waals surface area contributed by atoms with Gasteiger partial charge < -0.3 is 14.2 Å². The van der Waals surface area contributed by atoms with Crippen molar-refractivity contribution >= 4 is 11.7 Å². The zero-order valence-electron chi connectivity index (χ0n) is 16.2. The molecule has 1 aliphatic rings. The second-order valence-corrected chi connectivity index (χ2v) is 7.06. The summed E-state index contributed by atoms with van der Waals surface area (Å²) in [7, 11) is 0. The molecule has 0 unspecified atom stereocenters. The van der Waals surface area contributed by atoms with Crippen molar-refractivity contribution < 1.29 is 18.4 Å². The summed E-state index contributed by atoms with van der Waals surface area (Å²) in [6, 6.07) is 14.3. The summed E-state index contributed by atoms with van der Waals surface area (Å²) in [5.74, 6) is -0.186. The van der Waals surface area contributed by atoms with Gasteiger partial charge in [0.15, 0.2) is 0 Å². The molecule has 0 saturated carbocycles. The van der Waals surface area contributed by atoms with Crippen LogP contribution in [0.4, 0.5) is 10.3 Å². The van der Waals surface area contributed by atoms with E-state index in [0.29, 0.717) is 43.4 Å². The predicted octanol–water partition coefficient (Wildman–Crippen LogP) is 3.63. The zero-order valence-corrected chi connectivity index (χ0v) is 16.2. The van der Waals surface area contributed by atoms with Crippen LogP contribution in [0.2, 0.25) is 0 Å². The number of ether oxygens (including phenoxy) is 1. The van der Waals surface area contributed by atoms with Crippen LogP contribution in [-0.4, -0.2) is 42.2 Å². The van der Waals surface area contributed by atoms with Crippen molar-refractivity contribution in [3.05, 3.63) is 65.8 Å². The van der Waals surface area contributed by atoms with Crippen molar-refractivity contribution in [1.82, 2.24) is 10.1 Å². The Morgan fingerprint density at radius 2 is 1.93 bits per heavy atom. The average molecular weight is 395 g/mol. The first-order valence-corrected chi connectivity index (χ1v) is 9.64. The van der Waals surface area contributed by atoms with Gasteiger partial charge in [0, 0.05) is 24.6 Å². The number of Topliss-reactive ketones (excluding diaryl/α,β-unsaturated/α-hetero) is 1. The summed E-state index contributed by atoms with van der Waals surface area (Å²) < 4.78 is 25.2. The van der Waals surface area contributed by atoms with Crippen molar-refractivity contribution in [3.63, 3.8) is 0 Å². The number of hydrogen-bond donors (Lipinski definition) is 0. The van der Waals surface area contributed by atoms with E-state index in [1.54, 1.807) is 19.1 Å². The summed E-state index contributed by atoms with van der Waals surface area (Å²) >= 11 is 0. The molecule has 6 nitrogen and oxygen atoms in total. The smallest absolute Gasteiger partial charge is 0.266 e. The number of carbonyl (C=O) groups is 1. The lowest BCUT2D eigenvalue weighted by atomic mass is 9.92. The van der Waals surface area contributed by atoms with Crippen LogP contribution in [0.5, 0.6) is 0 Å². The quantitative estimate of drug-likeness (QED) is 0.635. The average Bonchev–Trinajstić information content (AvgIpc) is 3.23. The molecule has 1 aliphatic heterocycles. The summed E-state index contributed by atoms with van der Waals surface area (Å²) in [5.41, 5.74) is 1.94. The van der Waals surface area contributed by atoms with E-state index in [0.717, 1.165) is 5.56 Å². The maximum Gasteiger partial charge on any atom is 0.266 e. The maximum absolute atomic E-state index is 14.6. The Hall–Kier alpha value is -3.06. The van der Waals surface area contributed by atoms with E-state index in [-0.39, 0.29) is 23.9 Å². The van der Waals surface area contributed by atoms with Gasteiger partial charge in [-0.1, -0.05) is 49.4 Å². The van der Waals surface area contributed by atoms with E-state index in [9.17, 15) is 9.18 Å². The molecule has 0 bridgehead atoms.